The van der Waals surface area contributed by atoms with Gasteiger partial charge in [-0.05, 0) is 56.3 Å². The predicted octanol–water partition coefficient (Wildman–Crippen LogP) is 3.03. The summed E-state index contributed by atoms with van der Waals surface area (Å²) in [5, 5.41) is 2.93. The molecule has 1 aliphatic carbocycles. The summed E-state index contributed by atoms with van der Waals surface area (Å²) in [6, 6.07) is 6.32. The van der Waals surface area contributed by atoms with Crippen LogP contribution in [0.15, 0.2) is 18.2 Å². The molecule has 4 nitrogen and oxygen atoms in total. The van der Waals surface area contributed by atoms with E-state index in [4.69, 9.17) is 5.73 Å². The summed E-state index contributed by atoms with van der Waals surface area (Å²) in [6.07, 6.45) is 3.58. The van der Waals surface area contributed by atoms with Crippen molar-refractivity contribution in [1.29, 1.82) is 0 Å². The molecule has 0 bridgehead atoms. The molecule has 3 N–H and O–H groups in total. The second kappa shape index (κ2) is 6.94. The Morgan fingerprint density at radius 3 is 2.71 bits per heavy atom. The molecule has 0 radical (unpaired) electrons. The molecule has 21 heavy (non-hydrogen) atoms. The summed E-state index contributed by atoms with van der Waals surface area (Å²) in [7, 11) is 0. The van der Waals surface area contributed by atoms with Crippen molar-refractivity contribution in [2.45, 2.75) is 46.1 Å². The molecule has 0 heterocycles. The number of anilines is 2. The lowest BCUT2D eigenvalue weighted by Gasteiger charge is -2.22. The molecule has 0 unspecified atom stereocenters. The standard InChI is InChI=1S/C17H27N3O/c1-12(2)8-9-20(14-5-6-14)11-17(21)19-16-7-4-13(3)10-15(16)18/h4,7,10,12,14H,5-6,8-9,11,18H2,1-3H3,(H,19,21). The molecule has 0 saturated heterocycles. The molecule has 0 spiro atoms. The lowest BCUT2D eigenvalue weighted by atomic mass is 10.1. The fraction of sp³-hybridized carbons (Fsp3) is 0.588. The normalized spacial score (nSPS) is 14.7. The number of hydrogen-bond acceptors (Lipinski definition) is 3. The molecule has 0 aliphatic heterocycles. The van der Waals surface area contributed by atoms with Crippen LogP contribution in [0.1, 0.15) is 38.7 Å². The minimum absolute atomic E-state index is 0.0289. The zero-order valence-corrected chi connectivity index (χ0v) is 13.4. The first kappa shape index (κ1) is 15.8. The van der Waals surface area contributed by atoms with E-state index in [1.807, 2.05) is 25.1 Å². The van der Waals surface area contributed by atoms with Gasteiger partial charge in [0.2, 0.25) is 5.91 Å². The Bertz CT molecular complexity index is 495. The molecule has 116 valence electrons. The van der Waals surface area contributed by atoms with Crippen molar-refractivity contribution in [3.8, 4) is 0 Å². The number of nitrogens with zero attached hydrogens (tertiary/aromatic N) is 1. The molecule has 1 aliphatic rings. The highest BCUT2D eigenvalue weighted by molar-refractivity contribution is 5.95. The number of nitrogens with one attached hydrogen (secondary N) is 1. The summed E-state index contributed by atoms with van der Waals surface area (Å²) >= 11 is 0. The van der Waals surface area contributed by atoms with Crippen molar-refractivity contribution in [2.75, 3.05) is 24.1 Å². The van der Waals surface area contributed by atoms with E-state index in [1.54, 1.807) is 0 Å². The predicted molar refractivity (Wildman–Crippen MR) is 88.3 cm³/mol. The van der Waals surface area contributed by atoms with Crippen LogP contribution in [-0.4, -0.2) is 29.9 Å². The fourth-order valence-corrected chi connectivity index (χ4v) is 2.42. The van der Waals surface area contributed by atoms with Gasteiger partial charge in [0.15, 0.2) is 0 Å². The lowest BCUT2D eigenvalue weighted by molar-refractivity contribution is -0.117. The Morgan fingerprint density at radius 1 is 1.43 bits per heavy atom. The third-order valence-electron chi connectivity index (χ3n) is 3.88. The number of hydrogen-bond donors (Lipinski definition) is 2. The van der Waals surface area contributed by atoms with Crippen LogP contribution >= 0.6 is 0 Å². The average molecular weight is 289 g/mol. The number of carbonyl (C=O) groups excluding carboxylic acids is 1. The lowest BCUT2D eigenvalue weighted by Crippen LogP contribution is -2.36. The van der Waals surface area contributed by atoms with Gasteiger partial charge in [0, 0.05) is 6.04 Å². The van der Waals surface area contributed by atoms with E-state index >= 15 is 0 Å². The van der Waals surface area contributed by atoms with E-state index < -0.39 is 0 Å². The molecule has 1 aromatic carbocycles. The minimum atomic E-state index is 0.0289. The van der Waals surface area contributed by atoms with E-state index in [0.717, 1.165) is 18.5 Å². The van der Waals surface area contributed by atoms with E-state index in [0.29, 0.717) is 29.9 Å². The summed E-state index contributed by atoms with van der Waals surface area (Å²) in [4.78, 5) is 14.5. The van der Waals surface area contributed by atoms with Crippen LogP contribution in [0, 0.1) is 12.8 Å². The van der Waals surface area contributed by atoms with Crippen LogP contribution in [0.25, 0.3) is 0 Å². The number of nitrogens with two attached hydrogens (primary N) is 1. The smallest absolute Gasteiger partial charge is 0.238 e. The molecular weight excluding hydrogens is 262 g/mol. The molecule has 1 fully saturated rings. The van der Waals surface area contributed by atoms with Crippen LogP contribution in [0.5, 0.6) is 0 Å². The second-order valence-electron chi connectivity index (χ2n) is 6.52. The molecule has 1 aromatic rings. The highest BCUT2D eigenvalue weighted by Gasteiger charge is 2.30. The van der Waals surface area contributed by atoms with Gasteiger partial charge in [0.25, 0.3) is 0 Å². The van der Waals surface area contributed by atoms with Gasteiger partial charge in [-0.25, -0.2) is 0 Å². The highest BCUT2D eigenvalue weighted by atomic mass is 16.2. The SMILES string of the molecule is Cc1ccc(NC(=O)CN(CCC(C)C)C2CC2)c(N)c1. The third kappa shape index (κ3) is 5.05. The number of carbonyl (C=O) groups is 1. The van der Waals surface area contributed by atoms with E-state index in [-0.39, 0.29) is 5.91 Å². The molecule has 2 rings (SSSR count). The first-order chi connectivity index (χ1) is 9.95. The average Bonchev–Trinajstić information content (AvgIpc) is 3.22. The minimum Gasteiger partial charge on any atom is -0.397 e. The maximum Gasteiger partial charge on any atom is 0.238 e. The van der Waals surface area contributed by atoms with Crippen LogP contribution in [0.3, 0.4) is 0 Å². The topological polar surface area (TPSA) is 58.4 Å². The van der Waals surface area contributed by atoms with Crippen molar-refractivity contribution in [3.63, 3.8) is 0 Å². The van der Waals surface area contributed by atoms with Gasteiger partial charge in [0.05, 0.1) is 17.9 Å². The van der Waals surface area contributed by atoms with Crippen molar-refractivity contribution < 1.29 is 4.79 Å². The molecule has 1 saturated carbocycles. The third-order valence-corrected chi connectivity index (χ3v) is 3.88. The quantitative estimate of drug-likeness (QED) is 0.759. The Balaban J connectivity index is 1.89. The number of benzene rings is 1. The zero-order valence-electron chi connectivity index (χ0n) is 13.4. The van der Waals surface area contributed by atoms with Gasteiger partial charge in [-0.2, -0.15) is 0 Å². The van der Waals surface area contributed by atoms with Crippen LogP contribution < -0.4 is 11.1 Å². The highest BCUT2D eigenvalue weighted by Crippen LogP contribution is 2.27. The van der Waals surface area contributed by atoms with E-state index in [2.05, 4.69) is 24.1 Å². The van der Waals surface area contributed by atoms with E-state index in [9.17, 15) is 4.79 Å². The van der Waals surface area contributed by atoms with Gasteiger partial charge in [0.1, 0.15) is 0 Å². The number of nitrogen functional groups attached to an aromatic ring is 1. The molecule has 0 aromatic heterocycles. The second-order valence-corrected chi connectivity index (χ2v) is 6.52. The first-order valence-corrected chi connectivity index (χ1v) is 7.85. The van der Waals surface area contributed by atoms with Crippen molar-refractivity contribution in [2.24, 2.45) is 5.92 Å². The van der Waals surface area contributed by atoms with Gasteiger partial charge >= 0.3 is 0 Å². The summed E-state index contributed by atoms with van der Waals surface area (Å²) in [6.45, 7) is 7.89. The summed E-state index contributed by atoms with van der Waals surface area (Å²) in [5.41, 5.74) is 8.38. The Kier molecular flexibility index (Phi) is 5.23. The number of aryl methyl sites for hydroxylation is 1. The Morgan fingerprint density at radius 2 is 2.14 bits per heavy atom. The Hall–Kier alpha value is -1.55. The van der Waals surface area contributed by atoms with Gasteiger partial charge in [-0.15, -0.1) is 0 Å². The van der Waals surface area contributed by atoms with Crippen LogP contribution in [-0.2, 0) is 4.79 Å². The van der Waals surface area contributed by atoms with Gasteiger partial charge in [-0.1, -0.05) is 19.9 Å². The van der Waals surface area contributed by atoms with Crippen molar-refractivity contribution in [1.82, 2.24) is 4.90 Å². The maximum absolute atomic E-state index is 12.2. The van der Waals surface area contributed by atoms with Crippen LogP contribution in [0.2, 0.25) is 0 Å². The first-order valence-electron chi connectivity index (χ1n) is 7.85. The molecule has 0 atom stereocenters. The molecular formula is C17H27N3O. The molecule has 1 amide bonds. The summed E-state index contributed by atoms with van der Waals surface area (Å²) < 4.78 is 0. The Labute approximate surface area is 127 Å². The molecule has 4 heteroatoms. The van der Waals surface area contributed by atoms with Crippen LogP contribution in [0.4, 0.5) is 11.4 Å². The van der Waals surface area contributed by atoms with Crippen molar-refractivity contribution >= 4 is 17.3 Å². The van der Waals surface area contributed by atoms with Gasteiger partial charge < -0.3 is 11.1 Å². The largest absolute Gasteiger partial charge is 0.397 e. The fourth-order valence-electron chi connectivity index (χ4n) is 2.42. The summed E-state index contributed by atoms with van der Waals surface area (Å²) in [5.74, 6) is 0.697. The maximum atomic E-state index is 12.2. The monoisotopic (exact) mass is 289 g/mol. The zero-order chi connectivity index (χ0) is 15.4. The number of rotatable bonds is 7. The number of amides is 1. The van der Waals surface area contributed by atoms with Crippen molar-refractivity contribution in [3.05, 3.63) is 23.8 Å². The van der Waals surface area contributed by atoms with E-state index in [1.165, 1.54) is 12.8 Å². The van der Waals surface area contributed by atoms with Gasteiger partial charge in [-0.3, -0.25) is 9.69 Å².